The Morgan fingerprint density at radius 3 is 2.41 bits per heavy atom. The van der Waals surface area contributed by atoms with E-state index in [1.807, 2.05) is 20.8 Å². The van der Waals surface area contributed by atoms with Crippen LogP contribution in [0, 0.1) is 0 Å². The molecule has 1 aliphatic rings. The van der Waals surface area contributed by atoms with Gasteiger partial charge in [-0.05, 0) is 46.7 Å². The Kier molecular flexibility index (Phi) is 5.92. The summed E-state index contributed by atoms with van der Waals surface area (Å²) in [6, 6.07) is 0. The summed E-state index contributed by atoms with van der Waals surface area (Å²) in [6.45, 7) is 11.4. The first-order valence-corrected chi connectivity index (χ1v) is 6.71. The van der Waals surface area contributed by atoms with E-state index in [2.05, 4.69) is 15.5 Å². The van der Waals surface area contributed by atoms with Crippen LogP contribution in [0.3, 0.4) is 0 Å². The van der Waals surface area contributed by atoms with E-state index >= 15 is 0 Å². The Morgan fingerprint density at radius 1 is 1.18 bits per heavy atom. The van der Waals surface area contributed by atoms with Crippen molar-refractivity contribution in [1.29, 1.82) is 0 Å². The summed E-state index contributed by atoms with van der Waals surface area (Å²) < 4.78 is 0. The van der Waals surface area contributed by atoms with Crippen molar-refractivity contribution in [2.45, 2.75) is 45.6 Å². The molecule has 1 rings (SSSR count). The third-order valence-corrected chi connectivity index (χ3v) is 2.85. The van der Waals surface area contributed by atoms with Crippen LogP contribution in [-0.4, -0.2) is 49.1 Å². The summed E-state index contributed by atoms with van der Waals surface area (Å²) in [5.41, 5.74) is -0.118. The first kappa shape index (κ1) is 14.5. The average molecular weight is 241 g/mol. The van der Waals surface area contributed by atoms with Crippen LogP contribution >= 0.6 is 0 Å². The highest BCUT2D eigenvalue weighted by Gasteiger charge is 2.13. The van der Waals surface area contributed by atoms with Gasteiger partial charge in [0.05, 0.1) is 0 Å². The second-order valence-electron chi connectivity index (χ2n) is 5.85. The minimum absolute atomic E-state index is 0.118. The molecule has 0 aromatic rings. The van der Waals surface area contributed by atoms with Gasteiger partial charge in [-0.2, -0.15) is 0 Å². The molecule has 1 aliphatic heterocycles. The third-order valence-electron chi connectivity index (χ3n) is 2.85. The maximum atomic E-state index is 11.5. The van der Waals surface area contributed by atoms with Gasteiger partial charge in [-0.25, -0.2) is 0 Å². The van der Waals surface area contributed by atoms with Crippen molar-refractivity contribution in [3.05, 3.63) is 0 Å². The van der Waals surface area contributed by atoms with Crippen molar-refractivity contribution < 1.29 is 4.79 Å². The molecular formula is C13H27N3O. The molecule has 2 N–H and O–H groups in total. The van der Waals surface area contributed by atoms with E-state index in [1.165, 1.54) is 25.9 Å². The molecule has 4 heteroatoms. The van der Waals surface area contributed by atoms with E-state index in [0.717, 1.165) is 19.6 Å². The highest BCUT2D eigenvalue weighted by atomic mass is 16.1. The van der Waals surface area contributed by atoms with Gasteiger partial charge in [-0.3, -0.25) is 4.79 Å². The highest BCUT2D eigenvalue weighted by Crippen LogP contribution is 2.05. The van der Waals surface area contributed by atoms with Crippen molar-refractivity contribution in [3.63, 3.8) is 0 Å². The van der Waals surface area contributed by atoms with E-state index in [9.17, 15) is 4.79 Å². The van der Waals surface area contributed by atoms with Gasteiger partial charge in [-0.1, -0.05) is 0 Å². The van der Waals surface area contributed by atoms with Crippen molar-refractivity contribution in [2.75, 3.05) is 32.7 Å². The van der Waals surface area contributed by atoms with Crippen LogP contribution in [0.4, 0.5) is 0 Å². The molecule has 0 aromatic carbocycles. The van der Waals surface area contributed by atoms with Crippen LogP contribution in [0.2, 0.25) is 0 Å². The molecule has 0 atom stereocenters. The van der Waals surface area contributed by atoms with Crippen LogP contribution in [-0.2, 0) is 4.79 Å². The second kappa shape index (κ2) is 6.97. The molecule has 0 aliphatic carbocycles. The zero-order chi connectivity index (χ0) is 12.7. The quantitative estimate of drug-likeness (QED) is 0.681. The Morgan fingerprint density at radius 2 is 1.82 bits per heavy atom. The Bertz CT molecular complexity index is 229. The van der Waals surface area contributed by atoms with Gasteiger partial charge >= 0.3 is 0 Å². The van der Waals surface area contributed by atoms with Crippen molar-refractivity contribution >= 4 is 5.91 Å². The van der Waals surface area contributed by atoms with Gasteiger partial charge < -0.3 is 15.5 Å². The molecule has 4 nitrogen and oxygen atoms in total. The molecule has 1 fully saturated rings. The molecule has 0 spiro atoms. The van der Waals surface area contributed by atoms with E-state index in [1.54, 1.807) is 0 Å². The molecular weight excluding hydrogens is 214 g/mol. The summed E-state index contributed by atoms with van der Waals surface area (Å²) in [5.74, 6) is 0.131. The highest BCUT2D eigenvalue weighted by molar-refractivity contribution is 5.76. The van der Waals surface area contributed by atoms with Gasteiger partial charge in [0.15, 0.2) is 0 Å². The molecule has 0 radical (unpaired) electrons. The van der Waals surface area contributed by atoms with Gasteiger partial charge in [0.25, 0.3) is 0 Å². The molecule has 0 saturated carbocycles. The molecule has 0 bridgehead atoms. The minimum Gasteiger partial charge on any atom is -0.351 e. The molecule has 0 aromatic heterocycles. The normalized spacial score (nSPS) is 17.4. The van der Waals surface area contributed by atoms with Crippen molar-refractivity contribution in [1.82, 2.24) is 15.5 Å². The lowest BCUT2D eigenvalue weighted by atomic mass is 10.1. The average Bonchev–Trinajstić information content (AvgIpc) is 2.67. The number of nitrogens with zero attached hydrogens (tertiary/aromatic N) is 1. The first-order valence-electron chi connectivity index (χ1n) is 6.71. The summed E-state index contributed by atoms with van der Waals surface area (Å²) in [6.07, 6.45) is 3.25. The standard InChI is InChI=1S/C13H27N3O/c1-13(2,3)15-12(17)6-7-14-8-11-16-9-4-5-10-16/h14H,4-11H2,1-3H3,(H,15,17). The van der Waals surface area contributed by atoms with E-state index in [-0.39, 0.29) is 11.4 Å². The fraction of sp³-hybridized carbons (Fsp3) is 0.923. The second-order valence-corrected chi connectivity index (χ2v) is 5.85. The lowest BCUT2D eigenvalue weighted by Crippen LogP contribution is -2.41. The molecule has 100 valence electrons. The largest absolute Gasteiger partial charge is 0.351 e. The number of nitrogens with one attached hydrogen (secondary N) is 2. The van der Waals surface area contributed by atoms with Crippen LogP contribution < -0.4 is 10.6 Å². The van der Waals surface area contributed by atoms with Gasteiger partial charge in [-0.15, -0.1) is 0 Å². The zero-order valence-electron chi connectivity index (χ0n) is 11.5. The number of amides is 1. The van der Waals surface area contributed by atoms with Gasteiger partial charge in [0, 0.05) is 31.6 Å². The Balaban J connectivity index is 1.94. The number of rotatable bonds is 6. The Hall–Kier alpha value is -0.610. The van der Waals surface area contributed by atoms with E-state index < -0.39 is 0 Å². The summed E-state index contributed by atoms with van der Waals surface area (Å²) in [5, 5.41) is 6.29. The van der Waals surface area contributed by atoms with Gasteiger partial charge in [0.1, 0.15) is 0 Å². The van der Waals surface area contributed by atoms with Crippen LogP contribution in [0.1, 0.15) is 40.0 Å². The molecule has 17 heavy (non-hydrogen) atoms. The number of carbonyl (C=O) groups excluding carboxylic acids is 1. The lowest BCUT2D eigenvalue weighted by Gasteiger charge is -2.20. The smallest absolute Gasteiger partial charge is 0.221 e. The van der Waals surface area contributed by atoms with Crippen LogP contribution in [0.25, 0.3) is 0 Å². The monoisotopic (exact) mass is 241 g/mol. The van der Waals surface area contributed by atoms with E-state index in [0.29, 0.717) is 6.42 Å². The first-order chi connectivity index (χ1) is 7.97. The van der Waals surface area contributed by atoms with Crippen molar-refractivity contribution in [2.24, 2.45) is 0 Å². The Labute approximate surface area is 105 Å². The molecule has 1 heterocycles. The van der Waals surface area contributed by atoms with Crippen molar-refractivity contribution in [3.8, 4) is 0 Å². The third kappa shape index (κ3) is 7.34. The maximum absolute atomic E-state index is 11.5. The number of hydrogen-bond donors (Lipinski definition) is 2. The van der Waals surface area contributed by atoms with Gasteiger partial charge in [0.2, 0.25) is 5.91 Å². The van der Waals surface area contributed by atoms with Crippen LogP contribution in [0.5, 0.6) is 0 Å². The molecule has 0 unspecified atom stereocenters. The number of likely N-dealkylation sites (tertiary alicyclic amines) is 1. The summed E-state index contributed by atoms with van der Waals surface area (Å²) in [7, 11) is 0. The fourth-order valence-electron chi connectivity index (χ4n) is 2.05. The molecule has 1 amide bonds. The molecule has 1 saturated heterocycles. The lowest BCUT2D eigenvalue weighted by molar-refractivity contribution is -0.122. The van der Waals surface area contributed by atoms with E-state index in [4.69, 9.17) is 0 Å². The predicted molar refractivity (Wildman–Crippen MR) is 71.1 cm³/mol. The maximum Gasteiger partial charge on any atom is 0.221 e. The number of hydrogen-bond acceptors (Lipinski definition) is 3. The SMILES string of the molecule is CC(C)(C)NC(=O)CCNCCN1CCCC1. The van der Waals surface area contributed by atoms with Crippen LogP contribution in [0.15, 0.2) is 0 Å². The predicted octanol–water partition coefficient (Wildman–Crippen LogP) is 0.977. The number of carbonyl (C=O) groups is 1. The summed E-state index contributed by atoms with van der Waals surface area (Å²) in [4.78, 5) is 14.0. The summed E-state index contributed by atoms with van der Waals surface area (Å²) >= 11 is 0. The fourth-order valence-corrected chi connectivity index (χ4v) is 2.05. The minimum atomic E-state index is -0.118. The topological polar surface area (TPSA) is 44.4 Å². The zero-order valence-corrected chi connectivity index (χ0v) is 11.5.